The van der Waals surface area contributed by atoms with Gasteiger partial charge in [-0.05, 0) is 48.9 Å². The van der Waals surface area contributed by atoms with Gasteiger partial charge in [-0.15, -0.1) is 0 Å². The Hall–Kier alpha value is -3.56. The van der Waals surface area contributed by atoms with E-state index in [0.29, 0.717) is 0 Å². The monoisotopic (exact) mass is 427 g/mol. The standard InChI is InChI=1S/C21H17NO7S/c1-15-7-10-18(11-8-15)30(26,27)28-14-16-9-12-19(22(24)25)20(13-16)29-21(23)17-5-3-2-4-6-17/h2-13H,14H2,1H3. The van der Waals surface area contributed by atoms with Gasteiger partial charge in [0.05, 0.1) is 22.0 Å². The Morgan fingerprint density at radius 2 is 1.67 bits per heavy atom. The minimum absolute atomic E-state index is 0.00857. The fraction of sp³-hybridized carbons (Fsp3) is 0.0952. The van der Waals surface area contributed by atoms with Crippen LogP contribution >= 0.6 is 0 Å². The van der Waals surface area contributed by atoms with Crippen molar-refractivity contribution < 1.29 is 27.1 Å². The van der Waals surface area contributed by atoms with Crippen molar-refractivity contribution in [3.8, 4) is 5.75 Å². The van der Waals surface area contributed by atoms with Crippen LogP contribution in [0.2, 0.25) is 0 Å². The van der Waals surface area contributed by atoms with Gasteiger partial charge in [-0.25, -0.2) is 4.79 Å². The summed E-state index contributed by atoms with van der Waals surface area (Å²) in [5.74, 6) is -1.08. The van der Waals surface area contributed by atoms with Crippen molar-refractivity contribution in [1.29, 1.82) is 0 Å². The second-order valence-electron chi connectivity index (χ2n) is 6.34. The summed E-state index contributed by atoms with van der Waals surface area (Å²) in [5, 5.41) is 11.3. The number of hydrogen-bond acceptors (Lipinski definition) is 7. The summed E-state index contributed by atoms with van der Waals surface area (Å²) in [7, 11) is -4.02. The molecule has 0 fully saturated rings. The van der Waals surface area contributed by atoms with E-state index in [2.05, 4.69) is 0 Å². The second-order valence-corrected chi connectivity index (χ2v) is 7.96. The third-order valence-corrected chi connectivity index (χ3v) is 5.40. The first-order valence-corrected chi connectivity index (χ1v) is 10.2. The van der Waals surface area contributed by atoms with Crippen LogP contribution in [0.1, 0.15) is 21.5 Å². The van der Waals surface area contributed by atoms with Gasteiger partial charge in [0, 0.05) is 6.07 Å². The van der Waals surface area contributed by atoms with Gasteiger partial charge in [-0.2, -0.15) is 8.42 Å². The number of hydrogen-bond donors (Lipinski definition) is 0. The highest BCUT2D eigenvalue weighted by molar-refractivity contribution is 7.86. The van der Waals surface area contributed by atoms with Crippen LogP contribution in [0.25, 0.3) is 0 Å². The number of nitro benzene ring substituents is 1. The Morgan fingerprint density at radius 3 is 2.30 bits per heavy atom. The van der Waals surface area contributed by atoms with Crippen molar-refractivity contribution >= 4 is 21.8 Å². The first kappa shape index (κ1) is 21.2. The number of carbonyl (C=O) groups excluding carboxylic acids is 1. The van der Waals surface area contributed by atoms with Crippen molar-refractivity contribution in [2.75, 3.05) is 0 Å². The van der Waals surface area contributed by atoms with Crippen molar-refractivity contribution in [2.24, 2.45) is 0 Å². The SMILES string of the molecule is Cc1ccc(S(=O)(=O)OCc2ccc([N+](=O)[O-])c(OC(=O)c3ccccc3)c2)cc1. The topological polar surface area (TPSA) is 113 Å². The van der Waals surface area contributed by atoms with Crippen LogP contribution in [0.3, 0.4) is 0 Å². The average Bonchev–Trinajstić information content (AvgIpc) is 2.73. The third-order valence-electron chi connectivity index (χ3n) is 4.12. The molecule has 0 spiro atoms. The van der Waals surface area contributed by atoms with Gasteiger partial charge < -0.3 is 4.74 Å². The second kappa shape index (κ2) is 8.85. The molecule has 3 aromatic carbocycles. The summed E-state index contributed by atoms with van der Waals surface area (Å²) in [6.07, 6.45) is 0. The van der Waals surface area contributed by atoms with Gasteiger partial charge in [-0.1, -0.05) is 35.9 Å². The molecule has 0 bridgehead atoms. The van der Waals surface area contributed by atoms with E-state index >= 15 is 0 Å². The first-order valence-electron chi connectivity index (χ1n) is 8.77. The van der Waals surface area contributed by atoms with Gasteiger partial charge in [0.2, 0.25) is 5.75 Å². The van der Waals surface area contributed by atoms with Gasteiger partial charge >= 0.3 is 11.7 Å². The lowest BCUT2D eigenvalue weighted by Gasteiger charge is -2.09. The van der Waals surface area contributed by atoms with Crippen molar-refractivity contribution in [2.45, 2.75) is 18.4 Å². The lowest BCUT2D eigenvalue weighted by atomic mass is 10.2. The quantitative estimate of drug-likeness (QED) is 0.184. The molecule has 0 aromatic heterocycles. The zero-order valence-corrected chi connectivity index (χ0v) is 16.7. The normalized spacial score (nSPS) is 11.1. The van der Waals surface area contributed by atoms with E-state index in [0.717, 1.165) is 11.6 Å². The Morgan fingerprint density at radius 1 is 1.00 bits per heavy atom. The van der Waals surface area contributed by atoms with Gasteiger partial charge in [0.1, 0.15) is 0 Å². The summed E-state index contributed by atoms with van der Waals surface area (Å²) in [4.78, 5) is 22.8. The van der Waals surface area contributed by atoms with E-state index in [1.807, 2.05) is 6.92 Å². The molecule has 154 valence electrons. The molecule has 0 unspecified atom stereocenters. The maximum Gasteiger partial charge on any atom is 0.343 e. The van der Waals surface area contributed by atoms with E-state index in [4.69, 9.17) is 8.92 Å². The molecule has 9 heteroatoms. The molecule has 3 aromatic rings. The molecular formula is C21H17NO7S. The number of ether oxygens (including phenoxy) is 1. The molecule has 0 aliphatic rings. The Labute approximate surface area is 173 Å². The van der Waals surface area contributed by atoms with Crippen LogP contribution in [-0.2, 0) is 20.9 Å². The van der Waals surface area contributed by atoms with Gasteiger partial charge in [0.15, 0.2) is 0 Å². The van der Waals surface area contributed by atoms with Crippen LogP contribution < -0.4 is 4.74 Å². The maximum absolute atomic E-state index is 12.3. The van der Waals surface area contributed by atoms with E-state index in [1.54, 1.807) is 30.3 Å². The van der Waals surface area contributed by atoms with Crippen LogP contribution in [0.4, 0.5) is 5.69 Å². The number of nitrogens with zero attached hydrogens (tertiary/aromatic N) is 1. The molecule has 30 heavy (non-hydrogen) atoms. The van der Waals surface area contributed by atoms with Crippen LogP contribution in [-0.4, -0.2) is 19.3 Å². The molecule has 0 N–H and O–H groups in total. The predicted molar refractivity (Wildman–Crippen MR) is 108 cm³/mol. The van der Waals surface area contributed by atoms with Crippen LogP contribution in [0, 0.1) is 17.0 Å². The fourth-order valence-electron chi connectivity index (χ4n) is 2.53. The fourth-order valence-corrected chi connectivity index (χ4v) is 3.43. The highest BCUT2D eigenvalue weighted by atomic mass is 32.2. The summed E-state index contributed by atoms with van der Waals surface area (Å²) in [5.41, 5.74) is 0.973. The molecule has 0 atom stereocenters. The van der Waals surface area contributed by atoms with Crippen LogP contribution in [0.5, 0.6) is 5.75 Å². The molecule has 0 aliphatic heterocycles. The molecule has 0 saturated heterocycles. The number of esters is 1. The summed E-state index contributed by atoms with van der Waals surface area (Å²) in [6.45, 7) is 1.44. The predicted octanol–water partition coefficient (Wildman–Crippen LogP) is 4.03. The van der Waals surface area contributed by atoms with E-state index in [-0.39, 0.29) is 28.4 Å². The smallest absolute Gasteiger partial charge is 0.343 e. The highest BCUT2D eigenvalue weighted by Gasteiger charge is 2.21. The Kier molecular flexibility index (Phi) is 6.24. The molecule has 0 heterocycles. The summed E-state index contributed by atoms with van der Waals surface area (Å²) < 4.78 is 34.9. The lowest BCUT2D eigenvalue weighted by Crippen LogP contribution is -2.10. The summed E-state index contributed by atoms with van der Waals surface area (Å²) in [6, 6.07) is 17.8. The average molecular weight is 427 g/mol. The molecule has 3 rings (SSSR count). The summed E-state index contributed by atoms with van der Waals surface area (Å²) >= 11 is 0. The minimum Gasteiger partial charge on any atom is -0.416 e. The Bertz CT molecular complexity index is 1170. The lowest BCUT2D eigenvalue weighted by molar-refractivity contribution is -0.385. The van der Waals surface area contributed by atoms with E-state index < -0.39 is 26.7 Å². The molecule has 0 amide bonds. The van der Waals surface area contributed by atoms with E-state index in [9.17, 15) is 23.3 Å². The third kappa shape index (κ3) is 5.07. The Balaban J connectivity index is 1.81. The zero-order chi connectivity index (χ0) is 21.7. The molecule has 0 radical (unpaired) electrons. The number of carbonyl (C=O) groups is 1. The van der Waals surface area contributed by atoms with Crippen molar-refractivity contribution in [1.82, 2.24) is 0 Å². The number of aryl methyl sites for hydroxylation is 1. The first-order chi connectivity index (χ1) is 14.3. The molecule has 8 nitrogen and oxygen atoms in total. The van der Waals surface area contributed by atoms with Gasteiger partial charge in [0.25, 0.3) is 10.1 Å². The zero-order valence-electron chi connectivity index (χ0n) is 15.8. The molecular weight excluding hydrogens is 410 g/mol. The highest BCUT2D eigenvalue weighted by Crippen LogP contribution is 2.29. The minimum atomic E-state index is -4.02. The maximum atomic E-state index is 12.3. The molecule has 0 saturated carbocycles. The largest absolute Gasteiger partial charge is 0.416 e. The molecule has 0 aliphatic carbocycles. The van der Waals surface area contributed by atoms with E-state index in [1.165, 1.54) is 36.4 Å². The van der Waals surface area contributed by atoms with Crippen LogP contribution in [0.15, 0.2) is 77.7 Å². The number of rotatable bonds is 7. The number of nitro groups is 1. The van der Waals surface area contributed by atoms with Crippen molar-refractivity contribution in [3.05, 3.63) is 99.6 Å². The van der Waals surface area contributed by atoms with Gasteiger partial charge in [-0.3, -0.25) is 14.3 Å². The number of benzene rings is 3. The van der Waals surface area contributed by atoms with Crippen molar-refractivity contribution in [3.63, 3.8) is 0 Å².